The average molecular weight is 260 g/mol. The summed E-state index contributed by atoms with van der Waals surface area (Å²) in [6.07, 6.45) is 5.95. The highest BCUT2D eigenvalue weighted by atomic mass is 16.1. The summed E-state index contributed by atoms with van der Waals surface area (Å²) in [6, 6.07) is 0. The first-order valence-corrected chi connectivity index (χ1v) is 6.14. The van der Waals surface area contributed by atoms with Crippen molar-refractivity contribution in [2.45, 2.75) is 13.3 Å². The summed E-state index contributed by atoms with van der Waals surface area (Å²) < 4.78 is 1.83. The predicted octanol–water partition coefficient (Wildman–Crippen LogP) is 0.0132. The second-order valence-electron chi connectivity index (χ2n) is 5.24. The minimum absolute atomic E-state index is 0.279. The first kappa shape index (κ1) is 11.8. The van der Waals surface area contributed by atoms with Gasteiger partial charge in [0.1, 0.15) is 5.82 Å². The number of anilines is 2. The zero-order valence-corrected chi connectivity index (χ0v) is 10.7. The van der Waals surface area contributed by atoms with Gasteiger partial charge in [0.25, 0.3) is 0 Å². The van der Waals surface area contributed by atoms with Crippen LogP contribution in [0.4, 0.5) is 11.6 Å². The second-order valence-corrected chi connectivity index (χ2v) is 5.24. The molecule has 7 nitrogen and oxygen atoms in total. The van der Waals surface area contributed by atoms with E-state index in [1.54, 1.807) is 12.4 Å². The van der Waals surface area contributed by atoms with E-state index in [9.17, 15) is 4.79 Å². The first-order chi connectivity index (χ1) is 8.99. The van der Waals surface area contributed by atoms with Crippen molar-refractivity contribution in [3.05, 3.63) is 18.6 Å². The predicted molar refractivity (Wildman–Crippen MR) is 71.5 cm³/mol. The molecule has 2 aromatic heterocycles. The van der Waals surface area contributed by atoms with Crippen molar-refractivity contribution in [1.82, 2.24) is 14.4 Å². The van der Waals surface area contributed by atoms with Crippen molar-refractivity contribution >= 4 is 23.2 Å². The van der Waals surface area contributed by atoms with Crippen LogP contribution in [0.15, 0.2) is 18.6 Å². The molecular formula is C12H16N6O. The van der Waals surface area contributed by atoms with Crippen LogP contribution in [0.2, 0.25) is 0 Å². The summed E-state index contributed by atoms with van der Waals surface area (Å²) in [7, 11) is 0. The molecule has 1 amide bonds. The van der Waals surface area contributed by atoms with Gasteiger partial charge in [0, 0.05) is 25.5 Å². The fraction of sp³-hybridized carbons (Fsp3) is 0.417. The number of amides is 1. The van der Waals surface area contributed by atoms with E-state index in [-0.39, 0.29) is 5.91 Å². The largest absolute Gasteiger partial charge is 0.382 e. The number of hydrogen-bond donors (Lipinski definition) is 2. The lowest BCUT2D eigenvalue weighted by atomic mass is 9.89. The highest BCUT2D eigenvalue weighted by Gasteiger charge is 2.40. The lowest BCUT2D eigenvalue weighted by Gasteiger charge is -2.22. The maximum absolute atomic E-state index is 11.5. The Morgan fingerprint density at radius 2 is 2.32 bits per heavy atom. The molecule has 1 fully saturated rings. The van der Waals surface area contributed by atoms with Gasteiger partial charge in [0.05, 0.1) is 11.6 Å². The third-order valence-corrected chi connectivity index (χ3v) is 3.74. The van der Waals surface area contributed by atoms with Gasteiger partial charge in [-0.1, -0.05) is 0 Å². The number of fused-ring (bicyclic) bond motifs is 1. The number of nitrogen functional groups attached to an aromatic ring is 1. The molecule has 3 heterocycles. The van der Waals surface area contributed by atoms with Crippen molar-refractivity contribution in [3.63, 3.8) is 0 Å². The van der Waals surface area contributed by atoms with E-state index < -0.39 is 5.41 Å². The Bertz CT molecular complexity index is 651. The van der Waals surface area contributed by atoms with Gasteiger partial charge in [-0.3, -0.25) is 4.79 Å². The van der Waals surface area contributed by atoms with Gasteiger partial charge in [0.2, 0.25) is 5.91 Å². The number of primary amides is 1. The Kier molecular flexibility index (Phi) is 2.38. The molecule has 0 aliphatic carbocycles. The molecule has 7 heteroatoms. The lowest BCUT2D eigenvalue weighted by Crippen LogP contribution is -2.37. The number of carbonyl (C=O) groups is 1. The average Bonchev–Trinajstić information content (AvgIpc) is 2.95. The van der Waals surface area contributed by atoms with E-state index in [1.807, 2.05) is 22.4 Å². The maximum atomic E-state index is 11.5. The molecule has 0 spiro atoms. The van der Waals surface area contributed by atoms with Crippen LogP contribution in [-0.2, 0) is 4.79 Å². The SMILES string of the molecule is CC1(C(N)=O)CCN(c2nc(N)cn3ccnc23)C1. The van der Waals surface area contributed by atoms with Crippen molar-refractivity contribution in [3.8, 4) is 0 Å². The van der Waals surface area contributed by atoms with E-state index in [2.05, 4.69) is 9.97 Å². The fourth-order valence-electron chi connectivity index (χ4n) is 2.49. The number of hydrogen-bond acceptors (Lipinski definition) is 5. The van der Waals surface area contributed by atoms with Crippen LogP contribution in [0.1, 0.15) is 13.3 Å². The quantitative estimate of drug-likeness (QED) is 0.792. The van der Waals surface area contributed by atoms with Crippen molar-refractivity contribution in [1.29, 1.82) is 0 Å². The summed E-state index contributed by atoms with van der Waals surface area (Å²) in [6.45, 7) is 3.14. The summed E-state index contributed by atoms with van der Waals surface area (Å²) in [4.78, 5) is 22.2. The molecule has 100 valence electrons. The fourth-order valence-corrected chi connectivity index (χ4v) is 2.49. The normalized spacial score (nSPS) is 23.1. The summed E-state index contributed by atoms with van der Waals surface area (Å²) in [5.74, 6) is 0.849. The van der Waals surface area contributed by atoms with Crippen LogP contribution in [0.3, 0.4) is 0 Å². The highest BCUT2D eigenvalue weighted by molar-refractivity contribution is 5.82. The van der Waals surface area contributed by atoms with Crippen molar-refractivity contribution < 1.29 is 4.79 Å². The van der Waals surface area contributed by atoms with Crippen LogP contribution >= 0.6 is 0 Å². The maximum Gasteiger partial charge on any atom is 0.225 e. The van der Waals surface area contributed by atoms with Crippen LogP contribution in [0.25, 0.3) is 5.65 Å². The second kappa shape index (κ2) is 3.84. The molecule has 1 unspecified atom stereocenters. The minimum atomic E-state index is -0.518. The van der Waals surface area contributed by atoms with E-state index in [0.29, 0.717) is 24.6 Å². The Hall–Kier alpha value is -2.31. The van der Waals surface area contributed by atoms with Gasteiger partial charge < -0.3 is 20.8 Å². The molecular weight excluding hydrogens is 244 g/mol. The van der Waals surface area contributed by atoms with Gasteiger partial charge in [-0.15, -0.1) is 0 Å². The Labute approximate surface area is 110 Å². The zero-order valence-electron chi connectivity index (χ0n) is 10.7. The first-order valence-electron chi connectivity index (χ1n) is 6.14. The van der Waals surface area contributed by atoms with E-state index in [4.69, 9.17) is 11.5 Å². The third-order valence-electron chi connectivity index (χ3n) is 3.74. The topological polar surface area (TPSA) is 103 Å². The molecule has 0 saturated carbocycles. The van der Waals surface area contributed by atoms with Gasteiger partial charge in [0.15, 0.2) is 11.5 Å². The van der Waals surface area contributed by atoms with E-state index in [1.165, 1.54) is 0 Å². The Morgan fingerprint density at radius 1 is 1.53 bits per heavy atom. The van der Waals surface area contributed by atoms with Crippen LogP contribution < -0.4 is 16.4 Å². The molecule has 1 saturated heterocycles. The molecule has 0 radical (unpaired) electrons. The van der Waals surface area contributed by atoms with Gasteiger partial charge in [-0.2, -0.15) is 0 Å². The molecule has 1 atom stereocenters. The Balaban J connectivity index is 2.02. The van der Waals surface area contributed by atoms with Gasteiger partial charge in [-0.05, 0) is 13.3 Å². The zero-order chi connectivity index (χ0) is 13.6. The number of imidazole rings is 1. The molecule has 4 N–H and O–H groups in total. The highest BCUT2D eigenvalue weighted by Crippen LogP contribution is 2.33. The number of rotatable bonds is 2. The van der Waals surface area contributed by atoms with E-state index in [0.717, 1.165) is 12.2 Å². The summed E-state index contributed by atoms with van der Waals surface area (Å²) in [5, 5.41) is 0. The lowest BCUT2D eigenvalue weighted by molar-refractivity contribution is -0.125. The molecule has 3 rings (SSSR count). The van der Waals surface area contributed by atoms with Gasteiger partial charge in [-0.25, -0.2) is 9.97 Å². The smallest absolute Gasteiger partial charge is 0.225 e. The van der Waals surface area contributed by atoms with Crippen molar-refractivity contribution in [2.24, 2.45) is 11.1 Å². The number of aromatic nitrogens is 3. The molecule has 0 aromatic carbocycles. The van der Waals surface area contributed by atoms with Crippen molar-refractivity contribution in [2.75, 3.05) is 23.7 Å². The Morgan fingerprint density at radius 3 is 3.00 bits per heavy atom. The molecule has 0 bridgehead atoms. The standard InChI is InChI=1S/C12H16N6O/c1-12(11(14)19)2-4-18(7-12)10-9-15-3-5-17(9)6-8(13)16-10/h3,5-6H,2,4,7,13H2,1H3,(H2,14,19). The molecule has 1 aliphatic heterocycles. The monoisotopic (exact) mass is 260 g/mol. The van der Waals surface area contributed by atoms with Crippen LogP contribution in [0, 0.1) is 5.41 Å². The molecule has 2 aromatic rings. The molecule has 1 aliphatic rings. The number of nitrogens with zero attached hydrogens (tertiary/aromatic N) is 4. The third kappa shape index (κ3) is 1.78. The van der Waals surface area contributed by atoms with Crippen LogP contribution in [-0.4, -0.2) is 33.4 Å². The molecule has 19 heavy (non-hydrogen) atoms. The number of nitrogens with two attached hydrogens (primary N) is 2. The van der Waals surface area contributed by atoms with Crippen LogP contribution in [0.5, 0.6) is 0 Å². The van der Waals surface area contributed by atoms with E-state index >= 15 is 0 Å². The number of carbonyl (C=O) groups excluding carboxylic acids is 1. The summed E-state index contributed by atoms with van der Waals surface area (Å²) in [5.41, 5.74) is 11.5. The van der Waals surface area contributed by atoms with Gasteiger partial charge >= 0.3 is 0 Å². The summed E-state index contributed by atoms with van der Waals surface area (Å²) >= 11 is 0. The minimum Gasteiger partial charge on any atom is -0.382 e.